The number of hydrogen-bond donors (Lipinski definition) is 1. The van der Waals surface area contributed by atoms with E-state index in [1.807, 2.05) is 37.3 Å². The molecule has 0 saturated carbocycles. The molecule has 2 aromatic rings. The molecule has 0 aliphatic rings. The molecular weight excluding hydrogens is 378 g/mol. The molecule has 0 unspecified atom stereocenters. The molecule has 0 atom stereocenters. The Morgan fingerprint density at radius 2 is 1.82 bits per heavy atom. The summed E-state index contributed by atoms with van der Waals surface area (Å²) in [5.74, 6) is 0.374. The predicted octanol–water partition coefficient (Wildman–Crippen LogP) is 5.11. The van der Waals surface area contributed by atoms with Crippen LogP contribution in [0.1, 0.15) is 43.7 Å². The van der Waals surface area contributed by atoms with Crippen LogP contribution >= 0.6 is 11.6 Å². The van der Waals surface area contributed by atoms with Crippen molar-refractivity contribution in [2.45, 2.75) is 39.5 Å². The molecule has 0 radical (unpaired) electrons. The number of halogens is 1. The fourth-order valence-corrected chi connectivity index (χ4v) is 2.77. The number of anilines is 1. The summed E-state index contributed by atoms with van der Waals surface area (Å²) >= 11 is 5.90. The van der Waals surface area contributed by atoms with Gasteiger partial charge in [-0.1, -0.05) is 37.6 Å². The Hall–Kier alpha value is -2.53. The minimum Gasteiger partial charge on any atom is -0.493 e. The third kappa shape index (κ3) is 7.24. The predicted molar refractivity (Wildman–Crippen MR) is 111 cm³/mol. The summed E-state index contributed by atoms with van der Waals surface area (Å²) < 4.78 is 10.6. The average Bonchev–Trinajstić information content (AvgIpc) is 2.65. The van der Waals surface area contributed by atoms with E-state index in [4.69, 9.17) is 21.1 Å². The van der Waals surface area contributed by atoms with Crippen LogP contribution in [0.5, 0.6) is 5.75 Å². The van der Waals surface area contributed by atoms with Crippen LogP contribution in [-0.2, 0) is 14.3 Å². The molecule has 2 aromatic carbocycles. The number of hydrogen-bond acceptors (Lipinski definition) is 4. The molecule has 0 aliphatic carbocycles. The number of ether oxygens (including phenoxy) is 2. The van der Waals surface area contributed by atoms with E-state index in [0.29, 0.717) is 29.7 Å². The minimum atomic E-state index is -0.429. The third-order valence-corrected chi connectivity index (χ3v) is 4.38. The molecular formula is C22H26ClNO4. The molecule has 5 nitrogen and oxygen atoms in total. The molecule has 150 valence electrons. The molecule has 6 heteroatoms. The smallest absolute Gasteiger partial charge is 0.306 e. The zero-order valence-corrected chi connectivity index (χ0v) is 17.2. The normalized spacial score (nSPS) is 10.6. The zero-order chi connectivity index (χ0) is 20.5. The Bertz CT molecular complexity index is 803. The Balaban J connectivity index is 1.64. The second-order valence-electron chi connectivity index (χ2n) is 6.85. The molecule has 0 spiro atoms. The molecule has 1 N–H and O–H groups in total. The van der Waals surface area contributed by atoms with Crippen molar-refractivity contribution in [3.63, 3.8) is 0 Å². The van der Waals surface area contributed by atoms with E-state index in [2.05, 4.69) is 19.2 Å². The molecule has 0 aliphatic heterocycles. The van der Waals surface area contributed by atoms with E-state index in [1.165, 1.54) is 5.56 Å². The number of carbonyl (C=O) groups is 2. The van der Waals surface area contributed by atoms with Gasteiger partial charge >= 0.3 is 5.97 Å². The highest BCUT2D eigenvalue weighted by molar-refractivity contribution is 6.30. The van der Waals surface area contributed by atoms with Crippen molar-refractivity contribution in [2.24, 2.45) is 0 Å². The van der Waals surface area contributed by atoms with Gasteiger partial charge in [-0.2, -0.15) is 0 Å². The number of benzene rings is 2. The highest BCUT2D eigenvalue weighted by Gasteiger charge is 2.09. The van der Waals surface area contributed by atoms with Gasteiger partial charge in [-0.3, -0.25) is 9.59 Å². The third-order valence-electron chi connectivity index (χ3n) is 4.15. The summed E-state index contributed by atoms with van der Waals surface area (Å²) in [5, 5.41) is 3.37. The van der Waals surface area contributed by atoms with Gasteiger partial charge in [0.2, 0.25) is 0 Å². The fourth-order valence-electron chi connectivity index (χ4n) is 2.54. The highest BCUT2D eigenvalue weighted by atomic mass is 35.5. The quantitative estimate of drug-likeness (QED) is 0.466. The number of carbonyl (C=O) groups excluding carboxylic acids is 2. The minimum absolute atomic E-state index is 0.184. The summed E-state index contributed by atoms with van der Waals surface area (Å²) in [7, 11) is 0. The molecule has 0 aromatic heterocycles. The van der Waals surface area contributed by atoms with E-state index in [0.717, 1.165) is 11.3 Å². The number of rotatable bonds is 9. The Morgan fingerprint density at radius 1 is 1.11 bits per heavy atom. The Morgan fingerprint density at radius 3 is 2.46 bits per heavy atom. The summed E-state index contributed by atoms with van der Waals surface area (Å²) in [5.41, 5.74) is 2.81. The van der Waals surface area contributed by atoms with Crippen molar-refractivity contribution in [3.05, 3.63) is 58.6 Å². The first kappa shape index (κ1) is 21.8. The Labute approximate surface area is 171 Å². The standard InChI is InChI=1S/C22H26ClNO4/c1-15(2)17-6-9-19(10-7-17)24-21(25)14-28-22(26)5-4-12-27-20-11-8-18(23)13-16(20)3/h6-11,13,15H,4-5,12,14H2,1-3H3,(H,24,25). The lowest BCUT2D eigenvalue weighted by Gasteiger charge is -2.10. The summed E-state index contributed by atoms with van der Waals surface area (Å²) in [4.78, 5) is 23.7. The first-order chi connectivity index (χ1) is 13.3. The molecule has 0 bridgehead atoms. The van der Waals surface area contributed by atoms with Crippen LogP contribution in [0.4, 0.5) is 5.69 Å². The van der Waals surface area contributed by atoms with E-state index in [-0.39, 0.29) is 18.9 Å². The summed E-state index contributed by atoms with van der Waals surface area (Å²) in [6.45, 7) is 6.20. The lowest BCUT2D eigenvalue weighted by Crippen LogP contribution is -2.21. The fraction of sp³-hybridized carbons (Fsp3) is 0.364. The van der Waals surface area contributed by atoms with Gasteiger partial charge in [-0.05, 0) is 60.7 Å². The lowest BCUT2D eigenvalue weighted by atomic mass is 10.0. The Kier molecular flexibility index (Phi) is 8.33. The van der Waals surface area contributed by atoms with E-state index in [9.17, 15) is 9.59 Å². The van der Waals surface area contributed by atoms with E-state index < -0.39 is 5.97 Å². The maximum absolute atomic E-state index is 11.9. The van der Waals surface area contributed by atoms with Gasteiger partial charge in [-0.25, -0.2) is 0 Å². The molecule has 1 amide bonds. The van der Waals surface area contributed by atoms with Crippen molar-refractivity contribution in [1.82, 2.24) is 0 Å². The first-order valence-corrected chi connectivity index (χ1v) is 9.67. The SMILES string of the molecule is Cc1cc(Cl)ccc1OCCCC(=O)OCC(=O)Nc1ccc(C(C)C)cc1. The second kappa shape index (κ2) is 10.7. The molecule has 0 fully saturated rings. The van der Waals surface area contributed by atoms with Crippen LogP contribution in [0.15, 0.2) is 42.5 Å². The maximum Gasteiger partial charge on any atom is 0.306 e. The van der Waals surface area contributed by atoms with Gasteiger partial charge in [0.05, 0.1) is 6.61 Å². The highest BCUT2D eigenvalue weighted by Crippen LogP contribution is 2.22. The van der Waals surface area contributed by atoms with Gasteiger partial charge in [-0.15, -0.1) is 0 Å². The van der Waals surface area contributed by atoms with E-state index >= 15 is 0 Å². The average molecular weight is 404 g/mol. The van der Waals surface area contributed by atoms with Crippen molar-refractivity contribution < 1.29 is 19.1 Å². The van der Waals surface area contributed by atoms with Gasteiger partial charge in [0.1, 0.15) is 5.75 Å². The van der Waals surface area contributed by atoms with Crippen molar-refractivity contribution in [1.29, 1.82) is 0 Å². The maximum atomic E-state index is 11.9. The first-order valence-electron chi connectivity index (χ1n) is 9.29. The number of esters is 1. The zero-order valence-electron chi connectivity index (χ0n) is 16.5. The summed E-state index contributed by atoms with van der Waals surface area (Å²) in [6.07, 6.45) is 0.683. The molecule has 0 saturated heterocycles. The number of amides is 1. The number of nitrogens with one attached hydrogen (secondary N) is 1. The van der Waals surface area contributed by atoms with Crippen LogP contribution in [0.2, 0.25) is 5.02 Å². The molecule has 28 heavy (non-hydrogen) atoms. The van der Waals surface area contributed by atoms with Gasteiger partial charge in [0, 0.05) is 17.1 Å². The monoisotopic (exact) mass is 403 g/mol. The van der Waals surface area contributed by atoms with Crippen molar-refractivity contribution >= 4 is 29.2 Å². The second-order valence-corrected chi connectivity index (χ2v) is 7.28. The summed E-state index contributed by atoms with van der Waals surface area (Å²) in [6, 6.07) is 13.0. The largest absolute Gasteiger partial charge is 0.493 e. The van der Waals surface area contributed by atoms with Crippen LogP contribution < -0.4 is 10.1 Å². The van der Waals surface area contributed by atoms with Gasteiger partial charge in [0.25, 0.3) is 5.91 Å². The van der Waals surface area contributed by atoms with Crippen LogP contribution in [0, 0.1) is 6.92 Å². The molecule has 0 heterocycles. The topological polar surface area (TPSA) is 64.6 Å². The van der Waals surface area contributed by atoms with E-state index in [1.54, 1.807) is 12.1 Å². The molecule has 2 rings (SSSR count). The van der Waals surface area contributed by atoms with Crippen LogP contribution in [0.25, 0.3) is 0 Å². The van der Waals surface area contributed by atoms with Gasteiger partial charge in [0.15, 0.2) is 6.61 Å². The van der Waals surface area contributed by atoms with Crippen molar-refractivity contribution in [2.75, 3.05) is 18.5 Å². The van der Waals surface area contributed by atoms with Gasteiger partial charge < -0.3 is 14.8 Å². The van der Waals surface area contributed by atoms with Crippen LogP contribution in [-0.4, -0.2) is 25.1 Å². The lowest BCUT2D eigenvalue weighted by molar-refractivity contribution is -0.147. The van der Waals surface area contributed by atoms with Crippen LogP contribution in [0.3, 0.4) is 0 Å². The number of aryl methyl sites for hydroxylation is 1. The van der Waals surface area contributed by atoms with Crippen molar-refractivity contribution in [3.8, 4) is 5.75 Å².